The van der Waals surface area contributed by atoms with Crippen LogP contribution in [0.2, 0.25) is 4.71 Å². The Morgan fingerprint density at radius 1 is 1.25 bits per heavy atom. The Labute approximate surface area is 165 Å². The third-order valence-corrected chi connectivity index (χ3v) is 8.47. The van der Waals surface area contributed by atoms with Crippen molar-refractivity contribution in [3.05, 3.63) is 35.6 Å². The minimum atomic E-state index is -4.76. The van der Waals surface area contributed by atoms with E-state index in [0.29, 0.717) is 12.8 Å². The van der Waals surface area contributed by atoms with Crippen molar-refractivity contribution < 1.29 is 31.1 Å². The Kier molecular flexibility index (Phi) is 6.75. The molecule has 1 amide bonds. The second-order valence-corrected chi connectivity index (χ2v) is 10.2. The number of carbonyl (C=O) groups is 1. The van der Waals surface area contributed by atoms with Crippen LogP contribution >= 0.6 is 0 Å². The van der Waals surface area contributed by atoms with Crippen molar-refractivity contribution in [2.45, 2.75) is 59.7 Å². The molecule has 1 fully saturated rings. The standard InChI is InChI=1S/C18H19AsF6N2O/c1-2-17(21,22)9-13(15(28)27-16(10-26)7-8-16)19-14(18(23,24)25)11-3-5-12(20)6-4-11/h3-6,13-14,19H,2,7-9H2,1H3,(H,27,28)/t13-,14-/m0/s1. The van der Waals surface area contributed by atoms with Gasteiger partial charge in [-0.1, -0.05) is 0 Å². The van der Waals surface area contributed by atoms with Crippen LogP contribution in [0.15, 0.2) is 24.3 Å². The van der Waals surface area contributed by atoms with Crippen LogP contribution in [0.1, 0.15) is 42.9 Å². The van der Waals surface area contributed by atoms with Crippen LogP contribution in [0, 0.1) is 17.1 Å². The topological polar surface area (TPSA) is 52.9 Å². The number of amides is 1. The Balaban J connectivity index is 2.30. The summed E-state index contributed by atoms with van der Waals surface area (Å²) in [6.07, 6.45) is -5.70. The molecule has 0 radical (unpaired) electrons. The summed E-state index contributed by atoms with van der Waals surface area (Å²) in [5.74, 6) is -4.96. The zero-order chi connectivity index (χ0) is 21.2. The van der Waals surface area contributed by atoms with Crippen molar-refractivity contribution in [1.29, 1.82) is 5.26 Å². The van der Waals surface area contributed by atoms with Crippen LogP contribution in [0.25, 0.3) is 0 Å². The molecule has 0 spiro atoms. The molecule has 0 aromatic heterocycles. The van der Waals surface area contributed by atoms with Crippen LogP contribution in [-0.4, -0.2) is 39.3 Å². The van der Waals surface area contributed by atoms with Crippen LogP contribution in [-0.2, 0) is 4.79 Å². The quantitative estimate of drug-likeness (QED) is 0.458. The Morgan fingerprint density at radius 3 is 2.25 bits per heavy atom. The predicted octanol–water partition coefficient (Wildman–Crippen LogP) is 4.26. The van der Waals surface area contributed by atoms with Crippen molar-refractivity contribution in [1.82, 2.24) is 5.32 Å². The van der Waals surface area contributed by atoms with E-state index in [9.17, 15) is 31.1 Å². The Morgan fingerprint density at radius 2 is 1.82 bits per heavy atom. The summed E-state index contributed by atoms with van der Waals surface area (Å²) in [6, 6.07) is 5.52. The van der Waals surface area contributed by atoms with E-state index in [-0.39, 0.29) is 5.56 Å². The molecule has 1 N–H and O–H groups in total. The molecule has 0 bridgehead atoms. The van der Waals surface area contributed by atoms with Crippen LogP contribution in [0.3, 0.4) is 0 Å². The van der Waals surface area contributed by atoms with Gasteiger partial charge in [0.05, 0.1) is 0 Å². The van der Waals surface area contributed by atoms with E-state index >= 15 is 0 Å². The van der Waals surface area contributed by atoms with Gasteiger partial charge < -0.3 is 0 Å². The molecule has 1 aromatic carbocycles. The molecule has 28 heavy (non-hydrogen) atoms. The zero-order valence-electron chi connectivity index (χ0n) is 14.9. The van der Waals surface area contributed by atoms with Crippen molar-refractivity contribution >= 4 is 21.7 Å². The molecule has 3 atom stereocenters. The molecule has 3 nitrogen and oxygen atoms in total. The van der Waals surface area contributed by atoms with Gasteiger partial charge in [-0.3, -0.25) is 0 Å². The molecular weight excluding hydrogens is 449 g/mol. The summed E-state index contributed by atoms with van der Waals surface area (Å²) in [5, 5.41) is 11.4. The second-order valence-electron chi connectivity index (χ2n) is 6.84. The summed E-state index contributed by atoms with van der Waals surface area (Å²) in [5.41, 5.74) is -1.42. The summed E-state index contributed by atoms with van der Waals surface area (Å²) >= 11 is -2.35. The number of nitrogens with one attached hydrogen (secondary N) is 1. The van der Waals surface area contributed by atoms with Crippen LogP contribution in [0.5, 0.6) is 0 Å². The number of rotatable bonds is 8. The third-order valence-electron chi connectivity index (χ3n) is 4.56. The molecular formula is C18H19AsF6N2O. The van der Waals surface area contributed by atoms with Gasteiger partial charge in [0.1, 0.15) is 0 Å². The number of hydrogen-bond donors (Lipinski definition) is 1. The molecule has 1 aliphatic carbocycles. The number of benzene rings is 1. The van der Waals surface area contributed by atoms with E-state index in [1.165, 1.54) is 6.92 Å². The fourth-order valence-electron chi connectivity index (χ4n) is 2.62. The predicted molar refractivity (Wildman–Crippen MR) is 91.7 cm³/mol. The Bertz CT molecular complexity index is 740. The molecule has 0 saturated heterocycles. The first kappa shape index (κ1) is 22.6. The van der Waals surface area contributed by atoms with Gasteiger partial charge in [0.2, 0.25) is 0 Å². The van der Waals surface area contributed by atoms with E-state index in [0.717, 1.165) is 24.3 Å². The minimum absolute atomic E-state index is 0.257. The maximum atomic E-state index is 13.9. The van der Waals surface area contributed by atoms with E-state index in [1.807, 2.05) is 6.07 Å². The number of nitrogens with zero attached hydrogens (tertiary/aromatic N) is 1. The van der Waals surface area contributed by atoms with Crippen LogP contribution < -0.4 is 5.32 Å². The maximum absolute atomic E-state index is 13.9. The van der Waals surface area contributed by atoms with Gasteiger partial charge in [-0.15, -0.1) is 0 Å². The molecule has 0 aliphatic heterocycles. The molecule has 0 heterocycles. The summed E-state index contributed by atoms with van der Waals surface area (Å²) < 4.78 is 78.2. The number of hydrogen-bond acceptors (Lipinski definition) is 2. The monoisotopic (exact) mass is 468 g/mol. The van der Waals surface area contributed by atoms with Gasteiger partial charge in [0, 0.05) is 0 Å². The summed E-state index contributed by atoms with van der Waals surface area (Å²) in [4.78, 5) is 12.5. The molecule has 1 aromatic rings. The molecule has 154 valence electrons. The normalized spacial score (nSPS) is 18.5. The fraction of sp³-hybridized carbons (Fsp3) is 0.556. The van der Waals surface area contributed by atoms with E-state index < -0.39 is 67.4 Å². The number of carbonyl (C=O) groups excluding carboxylic acids is 1. The number of alkyl halides is 5. The van der Waals surface area contributed by atoms with Gasteiger partial charge in [-0.05, 0) is 0 Å². The number of halogens is 6. The zero-order valence-corrected chi connectivity index (χ0v) is 17.0. The van der Waals surface area contributed by atoms with Gasteiger partial charge in [0.15, 0.2) is 0 Å². The van der Waals surface area contributed by atoms with E-state index in [2.05, 4.69) is 5.32 Å². The summed E-state index contributed by atoms with van der Waals surface area (Å²) in [6.45, 7) is 1.19. The molecule has 1 unspecified atom stereocenters. The number of nitriles is 1. The van der Waals surface area contributed by atoms with Crippen molar-refractivity contribution in [2.75, 3.05) is 0 Å². The average Bonchev–Trinajstić information content (AvgIpc) is 3.38. The van der Waals surface area contributed by atoms with Crippen molar-refractivity contribution in [3.8, 4) is 6.07 Å². The molecule has 1 aliphatic rings. The van der Waals surface area contributed by atoms with Crippen molar-refractivity contribution in [3.63, 3.8) is 0 Å². The molecule has 10 heteroatoms. The van der Waals surface area contributed by atoms with Gasteiger partial charge in [-0.2, -0.15) is 0 Å². The molecule has 2 rings (SSSR count). The van der Waals surface area contributed by atoms with Crippen molar-refractivity contribution in [2.24, 2.45) is 0 Å². The first-order valence-corrected chi connectivity index (χ1v) is 11.0. The second kappa shape index (κ2) is 8.36. The first-order valence-electron chi connectivity index (χ1n) is 8.61. The Hall–Kier alpha value is -1.68. The molecule has 1 saturated carbocycles. The summed E-state index contributed by atoms with van der Waals surface area (Å²) in [7, 11) is 0. The fourth-order valence-corrected chi connectivity index (χ4v) is 6.01. The first-order chi connectivity index (χ1) is 12.9. The van der Waals surface area contributed by atoms with E-state index in [4.69, 9.17) is 5.26 Å². The van der Waals surface area contributed by atoms with Gasteiger partial charge >= 0.3 is 165 Å². The van der Waals surface area contributed by atoms with Crippen LogP contribution in [0.4, 0.5) is 26.3 Å². The van der Waals surface area contributed by atoms with Gasteiger partial charge in [-0.25, -0.2) is 0 Å². The van der Waals surface area contributed by atoms with Gasteiger partial charge in [0.25, 0.3) is 0 Å². The average molecular weight is 468 g/mol. The SMILES string of the molecule is CCC(F)(F)C[C@H]([AsH][C@@H](c1ccc(F)cc1)C(F)(F)F)C(=O)NC1(C#N)CC1. The van der Waals surface area contributed by atoms with E-state index in [1.54, 1.807) is 0 Å². The third kappa shape index (κ3) is 5.91.